The average molecular weight is 741 g/mol. The number of hydrogen-bond donors (Lipinski definition) is 0. The minimum absolute atomic E-state index is 0.699. The molecule has 0 N–H and O–H groups in total. The summed E-state index contributed by atoms with van der Waals surface area (Å²) in [7, 11) is 0. The van der Waals surface area contributed by atoms with Crippen molar-refractivity contribution < 1.29 is 0 Å². The molecule has 2 aromatic heterocycles. The van der Waals surface area contributed by atoms with Gasteiger partial charge in [0.1, 0.15) is 0 Å². The van der Waals surface area contributed by atoms with Crippen molar-refractivity contribution in [3.63, 3.8) is 0 Å². The van der Waals surface area contributed by atoms with E-state index in [1.165, 1.54) is 60.3 Å². The van der Waals surface area contributed by atoms with E-state index in [0.29, 0.717) is 5.82 Å². The van der Waals surface area contributed by atoms with Crippen LogP contribution in [0, 0.1) is 0 Å². The maximum atomic E-state index is 4.83. The molecule has 9 aromatic carbocycles. The third kappa shape index (κ3) is 5.70. The van der Waals surface area contributed by atoms with E-state index in [9.17, 15) is 0 Å². The molecule has 2 heterocycles. The van der Waals surface area contributed by atoms with Gasteiger partial charge in [-0.05, 0) is 69.4 Å². The standard InChI is InChI=1S/C54H36N4/c1-2-16-40(17-3-1)54-55-35-43(36-56-54)57(50-26-12-18-37-14-4-6-22-46(37)50)42-31-28-39(29-32-42)44-20-8-9-21-45(44)41-30-33-49-48-24-10-11-25-52(48)58(53(49)34-41)51-27-13-19-38-15-5-7-23-47(38)51/h1-36H. The zero-order chi connectivity index (χ0) is 38.4. The van der Waals surface area contributed by atoms with Gasteiger partial charge < -0.3 is 9.47 Å². The van der Waals surface area contributed by atoms with Crippen molar-refractivity contribution in [1.29, 1.82) is 0 Å². The van der Waals surface area contributed by atoms with Gasteiger partial charge in [0.15, 0.2) is 5.82 Å². The van der Waals surface area contributed by atoms with Gasteiger partial charge in [0.25, 0.3) is 0 Å². The van der Waals surface area contributed by atoms with Gasteiger partial charge in [0, 0.05) is 32.8 Å². The molecule has 0 spiro atoms. The maximum absolute atomic E-state index is 4.83. The van der Waals surface area contributed by atoms with Crippen molar-refractivity contribution in [2.75, 3.05) is 4.90 Å². The Kier molecular flexibility index (Phi) is 8.11. The van der Waals surface area contributed by atoms with Crippen molar-refractivity contribution >= 4 is 60.4 Å². The largest absolute Gasteiger partial charge is 0.309 e. The first-order valence-corrected chi connectivity index (χ1v) is 19.7. The summed E-state index contributed by atoms with van der Waals surface area (Å²) in [5.41, 5.74) is 12.2. The Labute approximate surface area is 336 Å². The Balaban J connectivity index is 1.02. The van der Waals surface area contributed by atoms with Crippen LogP contribution in [0.25, 0.3) is 82.7 Å². The summed E-state index contributed by atoms with van der Waals surface area (Å²) in [5, 5.41) is 7.28. The molecule has 11 aromatic rings. The van der Waals surface area contributed by atoms with Gasteiger partial charge in [-0.2, -0.15) is 0 Å². The summed E-state index contributed by atoms with van der Waals surface area (Å²) < 4.78 is 2.44. The Morgan fingerprint density at radius 3 is 1.71 bits per heavy atom. The Morgan fingerprint density at radius 2 is 0.931 bits per heavy atom. The fourth-order valence-corrected chi connectivity index (χ4v) is 8.58. The van der Waals surface area contributed by atoms with Crippen LogP contribution in [-0.4, -0.2) is 14.5 Å². The summed E-state index contributed by atoms with van der Waals surface area (Å²) in [6.07, 6.45) is 3.85. The van der Waals surface area contributed by atoms with Crippen LogP contribution >= 0.6 is 0 Å². The molecule has 58 heavy (non-hydrogen) atoms. The Bertz CT molecular complexity index is 3260. The third-order valence-electron chi connectivity index (χ3n) is 11.3. The summed E-state index contributed by atoms with van der Waals surface area (Å²) in [4.78, 5) is 11.9. The van der Waals surface area contributed by atoms with Crippen LogP contribution in [0.5, 0.6) is 0 Å². The van der Waals surface area contributed by atoms with E-state index in [2.05, 4.69) is 185 Å². The molecule has 0 saturated carbocycles. The summed E-state index contributed by atoms with van der Waals surface area (Å²) in [6.45, 7) is 0. The molecule has 0 aliphatic rings. The number of hydrogen-bond acceptors (Lipinski definition) is 3. The Hall–Kier alpha value is -7.82. The number of nitrogens with zero attached hydrogens (tertiary/aromatic N) is 4. The number of rotatable bonds is 7. The lowest BCUT2D eigenvalue weighted by atomic mass is 9.93. The van der Waals surface area contributed by atoms with E-state index in [0.717, 1.165) is 33.6 Å². The van der Waals surface area contributed by atoms with Gasteiger partial charge in [-0.1, -0.05) is 170 Å². The van der Waals surface area contributed by atoms with Crippen molar-refractivity contribution in [2.24, 2.45) is 0 Å². The first-order valence-electron chi connectivity index (χ1n) is 19.7. The fraction of sp³-hybridized carbons (Fsp3) is 0. The van der Waals surface area contributed by atoms with Crippen LogP contribution in [0.4, 0.5) is 17.1 Å². The van der Waals surface area contributed by atoms with E-state index in [-0.39, 0.29) is 0 Å². The molecule has 272 valence electrons. The summed E-state index contributed by atoms with van der Waals surface area (Å²) in [5.74, 6) is 0.699. The van der Waals surface area contributed by atoms with Gasteiger partial charge in [-0.25, -0.2) is 9.97 Å². The molecule has 0 atom stereocenters. The van der Waals surface area contributed by atoms with E-state index in [1.807, 2.05) is 42.7 Å². The highest BCUT2D eigenvalue weighted by atomic mass is 15.2. The molecule has 0 aliphatic carbocycles. The molecule has 0 unspecified atom stereocenters. The molecule has 0 saturated heterocycles. The smallest absolute Gasteiger partial charge is 0.159 e. The number of anilines is 3. The second-order valence-electron chi connectivity index (χ2n) is 14.6. The van der Waals surface area contributed by atoms with Crippen LogP contribution in [-0.2, 0) is 0 Å². The van der Waals surface area contributed by atoms with Gasteiger partial charge in [-0.15, -0.1) is 0 Å². The molecule has 4 nitrogen and oxygen atoms in total. The fourth-order valence-electron chi connectivity index (χ4n) is 8.58. The number of para-hydroxylation sites is 1. The van der Waals surface area contributed by atoms with Crippen molar-refractivity contribution in [2.45, 2.75) is 0 Å². The Morgan fingerprint density at radius 1 is 0.362 bits per heavy atom. The van der Waals surface area contributed by atoms with Crippen LogP contribution in [0.15, 0.2) is 219 Å². The van der Waals surface area contributed by atoms with Crippen molar-refractivity contribution in [3.05, 3.63) is 219 Å². The highest BCUT2D eigenvalue weighted by molar-refractivity contribution is 6.12. The van der Waals surface area contributed by atoms with Gasteiger partial charge in [0.2, 0.25) is 0 Å². The van der Waals surface area contributed by atoms with Crippen LogP contribution in [0.3, 0.4) is 0 Å². The van der Waals surface area contributed by atoms with Gasteiger partial charge in [-0.3, -0.25) is 0 Å². The van der Waals surface area contributed by atoms with Crippen LogP contribution < -0.4 is 4.90 Å². The van der Waals surface area contributed by atoms with Crippen LogP contribution in [0.2, 0.25) is 0 Å². The molecular formula is C54H36N4. The van der Waals surface area contributed by atoms with Gasteiger partial charge >= 0.3 is 0 Å². The van der Waals surface area contributed by atoms with E-state index in [4.69, 9.17) is 9.97 Å². The molecule has 0 aliphatic heterocycles. The number of aromatic nitrogens is 3. The third-order valence-corrected chi connectivity index (χ3v) is 11.3. The second-order valence-corrected chi connectivity index (χ2v) is 14.6. The molecule has 0 bridgehead atoms. The predicted octanol–water partition coefficient (Wildman–Crippen LogP) is 14.4. The zero-order valence-corrected chi connectivity index (χ0v) is 31.6. The van der Waals surface area contributed by atoms with E-state index < -0.39 is 0 Å². The van der Waals surface area contributed by atoms with Crippen molar-refractivity contribution in [3.8, 4) is 39.3 Å². The van der Waals surface area contributed by atoms with Gasteiger partial charge in [0.05, 0.1) is 40.5 Å². The second kappa shape index (κ2) is 14.0. The molecule has 0 radical (unpaired) electrons. The lowest BCUT2D eigenvalue weighted by molar-refractivity contribution is 1.14. The SMILES string of the molecule is c1ccc(-c2ncc(N(c3ccc(-c4ccccc4-c4ccc5c6ccccc6n(-c6cccc7ccccc67)c5c4)cc3)c3cccc4ccccc34)cn2)cc1. The topological polar surface area (TPSA) is 34.0 Å². The molecule has 0 fully saturated rings. The average Bonchev–Trinajstić information content (AvgIpc) is 3.63. The van der Waals surface area contributed by atoms with E-state index in [1.54, 1.807) is 0 Å². The monoisotopic (exact) mass is 740 g/mol. The quantitative estimate of drug-likeness (QED) is 0.163. The molecule has 4 heteroatoms. The molecule has 0 amide bonds. The first-order chi connectivity index (χ1) is 28.8. The first kappa shape index (κ1) is 33.5. The van der Waals surface area contributed by atoms with Crippen LogP contribution in [0.1, 0.15) is 0 Å². The lowest BCUT2D eigenvalue weighted by Gasteiger charge is -2.26. The minimum Gasteiger partial charge on any atom is -0.309 e. The minimum atomic E-state index is 0.699. The zero-order valence-electron chi connectivity index (χ0n) is 31.6. The lowest BCUT2D eigenvalue weighted by Crippen LogP contribution is -2.11. The maximum Gasteiger partial charge on any atom is 0.159 e. The summed E-state index contributed by atoms with van der Waals surface area (Å²) >= 11 is 0. The van der Waals surface area contributed by atoms with Crippen molar-refractivity contribution in [1.82, 2.24) is 14.5 Å². The molecular weight excluding hydrogens is 705 g/mol. The highest BCUT2D eigenvalue weighted by Crippen LogP contribution is 2.42. The predicted molar refractivity (Wildman–Crippen MR) is 242 cm³/mol. The van der Waals surface area contributed by atoms with E-state index >= 15 is 0 Å². The normalized spacial score (nSPS) is 11.4. The molecule has 11 rings (SSSR count). The number of fused-ring (bicyclic) bond motifs is 5. The summed E-state index contributed by atoms with van der Waals surface area (Å²) in [6, 6.07) is 73.6. The number of benzene rings is 9. The highest BCUT2D eigenvalue weighted by Gasteiger charge is 2.19.